The van der Waals surface area contributed by atoms with Crippen molar-refractivity contribution in [1.29, 1.82) is 0 Å². The van der Waals surface area contributed by atoms with Crippen LogP contribution in [0.25, 0.3) is 0 Å². The Morgan fingerprint density at radius 2 is 1.62 bits per heavy atom. The van der Waals surface area contributed by atoms with Gasteiger partial charge in [-0.1, -0.05) is 50.5 Å². The Hall–Kier alpha value is -1.05. The van der Waals surface area contributed by atoms with Gasteiger partial charge in [-0.15, -0.1) is 0 Å². The third-order valence-corrected chi connectivity index (χ3v) is 2.37. The minimum Gasteiger partial charge on any atom is -0.550 e. The molecule has 0 amide bonds. The molecular weight excluding hydrogens is 200 g/mol. The van der Waals surface area contributed by atoms with E-state index in [-0.39, 0.29) is 6.42 Å². The van der Waals surface area contributed by atoms with Gasteiger partial charge in [-0.3, -0.25) is 0 Å². The summed E-state index contributed by atoms with van der Waals surface area (Å²) in [5.41, 5.74) is 0. The van der Waals surface area contributed by atoms with Gasteiger partial charge in [0.2, 0.25) is 0 Å². The highest BCUT2D eigenvalue weighted by atomic mass is 16.4. The maximum Gasteiger partial charge on any atom is 0.0414 e. The molecule has 2 nitrogen and oxygen atoms in total. The molecule has 0 aliphatic rings. The van der Waals surface area contributed by atoms with Crippen molar-refractivity contribution in [2.45, 2.75) is 58.3 Å². The average Bonchev–Trinajstić information content (AvgIpc) is 2.25. The Morgan fingerprint density at radius 3 is 2.31 bits per heavy atom. The Morgan fingerprint density at radius 1 is 1.00 bits per heavy atom. The Kier molecular flexibility index (Phi) is 11.2. The second-order valence-electron chi connectivity index (χ2n) is 3.94. The summed E-state index contributed by atoms with van der Waals surface area (Å²) in [4.78, 5) is 10.1. The standard InChI is InChI=1S/C14H24O2/c1-2-3-4-5-6-7-8-9-10-11-12-13-14(15)16/h3-6H,2,7-13H2,1H3,(H,15,16)/p-1/b4-3+,6-5+. The minimum atomic E-state index is -0.925. The molecule has 0 bridgehead atoms. The van der Waals surface area contributed by atoms with Gasteiger partial charge in [0.05, 0.1) is 0 Å². The molecule has 0 saturated heterocycles. The maximum absolute atomic E-state index is 10.1. The highest BCUT2D eigenvalue weighted by Crippen LogP contribution is 2.07. The van der Waals surface area contributed by atoms with E-state index in [0.29, 0.717) is 0 Å². The summed E-state index contributed by atoms with van der Waals surface area (Å²) < 4.78 is 0. The number of carboxylic acids is 1. The molecule has 0 rings (SSSR count). The maximum atomic E-state index is 10.1. The fourth-order valence-electron chi connectivity index (χ4n) is 1.45. The minimum absolute atomic E-state index is 0.210. The van der Waals surface area contributed by atoms with Gasteiger partial charge in [0.1, 0.15) is 0 Å². The van der Waals surface area contributed by atoms with E-state index in [1.807, 2.05) is 0 Å². The molecule has 0 aliphatic heterocycles. The van der Waals surface area contributed by atoms with Gasteiger partial charge in [0.25, 0.3) is 0 Å². The van der Waals surface area contributed by atoms with Crippen molar-refractivity contribution in [3.05, 3.63) is 24.3 Å². The molecule has 0 heterocycles. The van der Waals surface area contributed by atoms with E-state index in [1.54, 1.807) is 0 Å². The number of carbonyl (C=O) groups is 1. The number of aliphatic carboxylic acids is 1. The molecule has 16 heavy (non-hydrogen) atoms. The van der Waals surface area contributed by atoms with Crippen LogP contribution in [0.5, 0.6) is 0 Å². The molecule has 0 atom stereocenters. The van der Waals surface area contributed by atoms with Gasteiger partial charge in [0.15, 0.2) is 0 Å². The molecule has 0 aliphatic carbocycles. The predicted octanol–water partition coefficient (Wildman–Crippen LogP) is 2.99. The number of carboxylic acid groups (broad SMARTS) is 1. The van der Waals surface area contributed by atoms with Crippen LogP contribution in [0.2, 0.25) is 0 Å². The second kappa shape index (κ2) is 12.0. The van der Waals surface area contributed by atoms with Crippen LogP contribution in [0.1, 0.15) is 58.3 Å². The van der Waals surface area contributed by atoms with Gasteiger partial charge in [-0.05, 0) is 32.1 Å². The molecule has 0 radical (unpaired) electrons. The fourth-order valence-corrected chi connectivity index (χ4v) is 1.45. The van der Waals surface area contributed by atoms with Crippen LogP contribution in [0.3, 0.4) is 0 Å². The van der Waals surface area contributed by atoms with Gasteiger partial charge >= 0.3 is 0 Å². The smallest absolute Gasteiger partial charge is 0.0414 e. The lowest BCUT2D eigenvalue weighted by Crippen LogP contribution is -2.21. The highest BCUT2D eigenvalue weighted by molar-refractivity contribution is 5.63. The molecule has 2 heteroatoms. The SMILES string of the molecule is CC/C=C/C=C/CCCCCCCC(=O)[O-]. The quantitative estimate of drug-likeness (QED) is 0.422. The average molecular weight is 223 g/mol. The first-order valence-electron chi connectivity index (χ1n) is 6.29. The summed E-state index contributed by atoms with van der Waals surface area (Å²) in [6.07, 6.45) is 16.2. The molecular formula is C14H23O2-. The zero-order chi connectivity index (χ0) is 12.1. The van der Waals surface area contributed by atoms with E-state index >= 15 is 0 Å². The molecule has 0 aromatic rings. The molecule has 0 aromatic carbocycles. The van der Waals surface area contributed by atoms with Crippen LogP contribution in [0, 0.1) is 0 Å². The molecule has 0 saturated carbocycles. The second-order valence-corrected chi connectivity index (χ2v) is 3.94. The topological polar surface area (TPSA) is 40.1 Å². The van der Waals surface area contributed by atoms with E-state index in [9.17, 15) is 9.90 Å². The summed E-state index contributed by atoms with van der Waals surface area (Å²) in [5, 5.41) is 10.1. The molecule has 0 spiro atoms. The first kappa shape index (κ1) is 14.9. The Balaban J connectivity index is 3.12. The van der Waals surface area contributed by atoms with Gasteiger partial charge in [-0.25, -0.2) is 0 Å². The summed E-state index contributed by atoms with van der Waals surface area (Å²) in [7, 11) is 0. The van der Waals surface area contributed by atoms with Gasteiger partial charge in [0, 0.05) is 5.97 Å². The summed E-state index contributed by atoms with van der Waals surface area (Å²) in [6, 6.07) is 0. The van der Waals surface area contributed by atoms with Crippen molar-refractivity contribution < 1.29 is 9.90 Å². The molecule has 0 fully saturated rings. The van der Waals surface area contributed by atoms with Crippen LogP contribution in [-0.2, 0) is 4.79 Å². The zero-order valence-corrected chi connectivity index (χ0v) is 10.3. The van der Waals surface area contributed by atoms with Crippen LogP contribution in [0.4, 0.5) is 0 Å². The predicted molar refractivity (Wildman–Crippen MR) is 65.9 cm³/mol. The summed E-state index contributed by atoms with van der Waals surface area (Å²) in [5.74, 6) is -0.925. The summed E-state index contributed by atoms with van der Waals surface area (Å²) in [6.45, 7) is 2.12. The van der Waals surface area contributed by atoms with Crippen molar-refractivity contribution in [3.8, 4) is 0 Å². The van der Waals surface area contributed by atoms with Crippen LogP contribution >= 0.6 is 0 Å². The van der Waals surface area contributed by atoms with E-state index < -0.39 is 5.97 Å². The molecule has 0 unspecified atom stereocenters. The monoisotopic (exact) mass is 223 g/mol. The lowest BCUT2D eigenvalue weighted by Gasteiger charge is -2.01. The normalized spacial score (nSPS) is 11.6. The van der Waals surface area contributed by atoms with Crippen LogP contribution < -0.4 is 5.11 Å². The number of hydrogen-bond donors (Lipinski definition) is 0. The molecule has 0 aromatic heterocycles. The number of unbranched alkanes of at least 4 members (excludes halogenated alkanes) is 5. The summed E-state index contributed by atoms with van der Waals surface area (Å²) >= 11 is 0. The zero-order valence-electron chi connectivity index (χ0n) is 10.3. The van der Waals surface area contributed by atoms with E-state index in [1.165, 1.54) is 12.8 Å². The number of rotatable bonds is 10. The highest BCUT2D eigenvalue weighted by Gasteiger charge is 1.90. The van der Waals surface area contributed by atoms with E-state index in [0.717, 1.165) is 32.1 Å². The van der Waals surface area contributed by atoms with Gasteiger partial charge < -0.3 is 9.90 Å². The first-order chi connectivity index (χ1) is 7.77. The van der Waals surface area contributed by atoms with E-state index in [2.05, 4.69) is 31.2 Å². The number of hydrogen-bond acceptors (Lipinski definition) is 2. The third-order valence-electron chi connectivity index (χ3n) is 2.37. The van der Waals surface area contributed by atoms with Gasteiger partial charge in [-0.2, -0.15) is 0 Å². The Bertz CT molecular complexity index is 217. The third kappa shape index (κ3) is 12.9. The number of allylic oxidation sites excluding steroid dienone is 4. The largest absolute Gasteiger partial charge is 0.550 e. The van der Waals surface area contributed by atoms with Crippen LogP contribution in [-0.4, -0.2) is 5.97 Å². The fraction of sp³-hybridized carbons (Fsp3) is 0.643. The first-order valence-corrected chi connectivity index (χ1v) is 6.29. The Labute approximate surface area is 99.1 Å². The lowest BCUT2D eigenvalue weighted by atomic mass is 10.1. The molecule has 0 N–H and O–H groups in total. The van der Waals surface area contributed by atoms with E-state index in [4.69, 9.17) is 0 Å². The van der Waals surface area contributed by atoms with Crippen molar-refractivity contribution in [2.24, 2.45) is 0 Å². The molecule has 92 valence electrons. The number of carbonyl (C=O) groups excluding carboxylic acids is 1. The lowest BCUT2D eigenvalue weighted by molar-refractivity contribution is -0.305. The van der Waals surface area contributed by atoms with Crippen molar-refractivity contribution in [2.75, 3.05) is 0 Å². The van der Waals surface area contributed by atoms with Crippen molar-refractivity contribution >= 4 is 5.97 Å². The van der Waals surface area contributed by atoms with Crippen molar-refractivity contribution in [1.82, 2.24) is 0 Å². The van der Waals surface area contributed by atoms with Crippen molar-refractivity contribution in [3.63, 3.8) is 0 Å². The van der Waals surface area contributed by atoms with Crippen LogP contribution in [0.15, 0.2) is 24.3 Å².